The van der Waals surface area contributed by atoms with Crippen molar-refractivity contribution in [1.82, 2.24) is 15.4 Å². The van der Waals surface area contributed by atoms with Crippen molar-refractivity contribution in [2.75, 3.05) is 25.2 Å². The van der Waals surface area contributed by atoms with Gasteiger partial charge in [0.25, 0.3) is 11.8 Å². The molecular formula is C11H15N3O5S. The summed E-state index contributed by atoms with van der Waals surface area (Å²) in [5.41, 5.74) is 0.410. The van der Waals surface area contributed by atoms with Crippen LogP contribution in [0.1, 0.15) is 10.4 Å². The zero-order chi connectivity index (χ0) is 14.8. The Labute approximate surface area is 116 Å². The normalized spacial score (nSPS) is 19.4. The van der Waals surface area contributed by atoms with E-state index < -0.39 is 27.7 Å². The van der Waals surface area contributed by atoms with Crippen LogP contribution in [0.25, 0.3) is 0 Å². The minimum absolute atomic E-state index is 0.00123. The van der Waals surface area contributed by atoms with Crippen LogP contribution < -0.4 is 5.32 Å². The molecule has 0 aromatic carbocycles. The first-order valence-corrected chi connectivity index (χ1v) is 7.98. The summed E-state index contributed by atoms with van der Waals surface area (Å²) in [5, 5.41) is 3.51. The summed E-state index contributed by atoms with van der Waals surface area (Å²) in [6, 6.07) is 0.786. The molecule has 0 unspecified atom stereocenters. The SMILES string of the molecule is CS(=O)(=O)CCN1OC[C@@H](NC(=O)c2cc[nH]c2)C1=O. The summed E-state index contributed by atoms with van der Waals surface area (Å²) in [5.74, 6) is -1.02. The number of hydrogen-bond acceptors (Lipinski definition) is 5. The number of nitrogens with one attached hydrogen (secondary N) is 2. The van der Waals surface area contributed by atoms with Crippen LogP contribution in [-0.4, -0.2) is 61.5 Å². The summed E-state index contributed by atoms with van der Waals surface area (Å²) in [7, 11) is -3.18. The van der Waals surface area contributed by atoms with Gasteiger partial charge in [0, 0.05) is 18.6 Å². The quantitative estimate of drug-likeness (QED) is 0.720. The molecule has 2 heterocycles. The molecule has 0 bridgehead atoms. The Morgan fingerprint density at radius 2 is 2.35 bits per heavy atom. The van der Waals surface area contributed by atoms with Gasteiger partial charge in [-0.3, -0.25) is 14.4 Å². The molecule has 0 saturated carbocycles. The molecule has 20 heavy (non-hydrogen) atoms. The van der Waals surface area contributed by atoms with E-state index in [9.17, 15) is 18.0 Å². The molecule has 0 spiro atoms. The first-order chi connectivity index (χ1) is 9.37. The fourth-order valence-corrected chi connectivity index (χ4v) is 2.20. The van der Waals surface area contributed by atoms with Crippen LogP contribution >= 0.6 is 0 Å². The number of amides is 2. The summed E-state index contributed by atoms with van der Waals surface area (Å²) >= 11 is 0. The number of carbonyl (C=O) groups is 2. The van der Waals surface area contributed by atoms with Gasteiger partial charge in [0.1, 0.15) is 22.5 Å². The number of hydroxylamine groups is 2. The van der Waals surface area contributed by atoms with E-state index in [1.807, 2.05) is 0 Å². The van der Waals surface area contributed by atoms with Crippen LogP contribution in [-0.2, 0) is 19.5 Å². The molecule has 2 N–H and O–H groups in total. The number of aromatic amines is 1. The van der Waals surface area contributed by atoms with E-state index in [-0.39, 0.29) is 18.9 Å². The van der Waals surface area contributed by atoms with Crippen LogP contribution in [0.15, 0.2) is 18.5 Å². The topological polar surface area (TPSA) is 109 Å². The average Bonchev–Trinajstić information content (AvgIpc) is 2.98. The van der Waals surface area contributed by atoms with Crippen molar-refractivity contribution in [3.05, 3.63) is 24.0 Å². The first-order valence-electron chi connectivity index (χ1n) is 5.92. The molecule has 9 heteroatoms. The van der Waals surface area contributed by atoms with Gasteiger partial charge in [-0.2, -0.15) is 0 Å². The van der Waals surface area contributed by atoms with Crippen molar-refractivity contribution in [3.8, 4) is 0 Å². The van der Waals surface area contributed by atoms with Crippen molar-refractivity contribution in [2.24, 2.45) is 0 Å². The average molecular weight is 301 g/mol. The fourth-order valence-electron chi connectivity index (χ4n) is 1.71. The lowest BCUT2D eigenvalue weighted by atomic mass is 10.2. The number of hydrogen-bond donors (Lipinski definition) is 2. The van der Waals surface area contributed by atoms with E-state index in [2.05, 4.69) is 10.3 Å². The van der Waals surface area contributed by atoms with Crippen LogP contribution in [0.2, 0.25) is 0 Å². The van der Waals surface area contributed by atoms with Gasteiger partial charge in [-0.05, 0) is 6.07 Å². The lowest BCUT2D eigenvalue weighted by Crippen LogP contribution is -2.43. The third kappa shape index (κ3) is 3.58. The summed E-state index contributed by atoms with van der Waals surface area (Å²) in [6.07, 6.45) is 4.19. The van der Waals surface area contributed by atoms with E-state index in [0.29, 0.717) is 5.56 Å². The molecule has 1 aliphatic heterocycles. The molecule has 1 aliphatic rings. The van der Waals surface area contributed by atoms with Crippen LogP contribution in [0.4, 0.5) is 0 Å². The highest BCUT2D eigenvalue weighted by Gasteiger charge is 2.34. The van der Waals surface area contributed by atoms with Crippen molar-refractivity contribution in [3.63, 3.8) is 0 Å². The lowest BCUT2D eigenvalue weighted by Gasteiger charge is -2.13. The predicted octanol–water partition coefficient (Wildman–Crippen LogP) is -1.07. The van der Waals surface area contributed by atoms with Gasteiger partial charge in [-0.15, -0.1) is 0 Å². The largest absolute Gasteiger partial charge is 0.367 e. The zero-order valence-electron chi connectivity index (χ0n) is 10.8. The summed E-state index contributed by atoms with van der Waals surface area (Å²) in [6.45, 7) is -0.0487. The number of rotatable bonds is 5. The van der Waals surface area contributed by atoms with Gasteiger partial charge in [-0.1, -0.05) is 0 Å². The zero-order valence-corrected chi connectivity index (χ0v) is 11.6. The number of H-pyrrole nitrogens is 1. The monoisotopic (exact) mass is 301 g/mol. The van der Waals surface area contributed by atoms with E-state index in [4.69, 9.17) is 4.84 Å². The number of nitrogens with zero attached hydrogens (tertiary/aromatic N) is 1. The Hall–Kier alpha value is -1.87. The van der Waals surface area contributed by atoms with Crippen LogP contribution in [0.5, 0.6) is 0 Å². The molecule has 2 amide bonds. The molecule has 110 valence electrons. The number of sulfone groups is 1. The molecule has 1 fully saturated rings. The van der Waals surface area contributed by atoms with Gasteiger partial charge < -0.3 is 10.3 Å². The Balaban J connectivity index is 1.89. The summed E-state index contributed by atoms with van der Waals surface area (Å²) in [4.78, 5) is 31.5. The smallest absolute Gasteiger partial charge is 0.271 e. The van der Waals surface area contributed by atoms with Gasteiger partial charge >= 0.3 is 0 Å². The maximum Gasteiger partial charge on any atom is 0.271 e. The highest BCUT2D eigenvalue weighted by molar-refractivity contribution is 7.90. The van der Waals surface area contributed by atoms with E-state index in [0.717, 1.165) is 11.3 Å². The Bertz CT molecular complexity index is 596. The summed E-state index contributed by atoms with van der Waals surface area (Å²) < 4.78 is 22.1. The highest BCUT2D eigenvalue weighted by Crippen LogP contribution is 2.09. The second kappa shape index (κ2) is 5.63. The molecule has 8 nitrogen and oxygen atoms in total. The van der Waals surface area contributed by atoms with E-state index >= 15 is 0 Å². The third-order valence-electron chi connectivity index (χ3n) is 2.77. The van der Waals surface area contributed by atoms with Crippen LogP contribution in [0.3, 0.4) is 0 Å². The van der Waals surface area contributed by atoms with Gasteiger partial charge in [0.05, 0.1) is 17.9 Å². The minimum atomic E-state index is -3.18. The Morgan fingerprint density at radius 3 is 2.95 bits per heavy atom. The molecule has 1 aromatic heterocycles. The predicted molar refractivity (Wildman–Crippen MR) is 69.4 cm³/mol. The molecular weight excluding hydrogens is 286 g/mol. The Morgan fingerprint density at radius 1 is 1.60 bits per heavy atom. The van der Waals surface area contributed by atoms with Gasteiger partial charge in [0.15, 0.2) is 0 Å². The van der Waals surface area contributed by atoms with Gasteiger partial charge in [-0.25, -0.2) is 13.5 Å². The van der Waals surface area contributed by atoms with Crippen molar-refractivity contribution >= 4 is 21.7 Å². The Kier molecular flexibility index (Phi) is 4.09. The molecule has 2 rings (SSSR count). The molecule has 1 aromatic rings. The van der Waals surface area contributed by atoms with E-state index in [1.165, 1.54) is 6.20 Å². The highest BCUT2D eigenvalue weighted by atomic mass is 32.2. The second-order valence-electron chi connectivity index (χ2n) is 4.49. The second-order valence-corrected chi connectivity index (χ2v) is 6.75. The van der Waals surface area contributed by atoms with Crippen LogP contribution in [0, 0.1) is 0 Å². The number of carbonyl (C=O) groups excluding carboxylic acids is 2. The molecule has 1 saturated heterocycles. The maximum atomic E-state index is 11.9. The third-order valence-corrected chi connectivity index (χ3v) is 3.70. The molecule has 0 radical (unpaired) electrons. The standard InChI is InChI=1S/C11H15N3O5S/c1-20(17,18)5-4-14-11(16)9(7-19-14)13-10(15)8-2-3-12-6-8/h2-3,6,9,12H,4-5,7H2,1H3,(H,13,15)/t9-/m1/s1. The first kappa shape index (κ1) is 14.5. The fraction of sp³-hybridized carbons (Fsp3) is 0.455. The lowest BCUT2D eigenvalue weighted by molar-refractivity contribution is -0.160. The van der Waals surface area contributed by atoms with Crippen molar-refractivity contribution in [2.45, 2.75) is 6.04 Å². The van der Waals surface area contributed by atoms with Gasteiger partial charge in [0.2, 0.25) is 0 Å². The molecule has 0 aliphatic carbocycles. The van der Waals surface area contributed by atoms with E-state index in [1.54, 1.807) is 12.3 Å². The van der Waals surface area contributed by atoms with Crippen molar-refractivity contribution in [1.29, 1.82) is 0 Å². The minimum Gasteiger partial charge on any atom is -0.367 e. The van der Waals surface area contributed by atoms with Crippen molar-refractivity contribution < 1.29 is 22.8 Å². The maximum absolute atomic E-state index is 11.9. The number of aromatic nitrogens is 1. The molecule has 1 atom stereocenters.